The Bertz CT molecular complexity index is 1490. The van der Waals surface area contributed by atoms with Crippen LogP contribution in [0.15, 0.2) is 66.9 Å². The summed E-state index contributed by atoms with van der Waals surface area (Å²) in [5.74, 6) is 2.67. The van der Waals surface area contributed by atoms with Crippen LogP contribution < -0.4 is 29.6 Å². The molecule has 0 spiro atoms. The highest BCUT2D eigenvalue weighted by atomic mass is 19.1. The van der Waals surface area contributed by atoms with Crippen LogP contribution >= 0.6 is 0 Å². The summed E-state index contributed by atoms with van der Waals surface area (Å²) in [4.78, 5) is 16.9. The Morgan fingerprint density at radius 1 is 0.925 bits per heavy atom. The van der Waals surface area contributed by atoms with Gasteiger partial charge in [0.15, 0.2) is 11.5 Å². The molecule has 1 saturated carbocycles. The number of benzene rings is 3. The third kappa shape index (κ3) is 5.88. The van der Waals surface area contributed by atoms with Gasteiger partial charge in [0, 0.05) is 24.5 Å². The molecule has 206 valence electrons. The van der Waals surface area contributed by atoms with Gasteiger partial charge in [0.1, 0.15) is 30.5 Å². The van der Waals surface area contributed by atoms with E-state index in [0.29, 0.717) is 53.2 Å². The number of rotatable bonds is 7. The van der Waals surface area contributed by atoms with Crippen molar-refractivity contribution in [3.8, 4) is 28.7 Å². The molecule has 4 aromatic rings. The maximum Gasteiger partial charge on any atom is 0.319 e. The van der Waals surface area contributed by atoms with E-state index in [1.807, 2.05) is 6.07 Å². The van der Waals surface area contributed by atoms with Crippen LogP contribution in [0.1, 0.15) is 37.7 Å². The molecular formula is C31H30FN3O5. The van der Waals surface area contributed by atoms with Gasteiger partial charge in [0.25, 0.3) is 0 Å². The zero-order valence-corrected chi connectivity index (χ0v) is 22.0. The number of halogens is 1. The Morgan fingerprint density at radius 3 is 2.45 bits per heavy atom. The number of nitrogens with one attached hydrogen (secondary N) is 2. The second-order valence-corrected chi connectivity index (χ2v) is 9.87. The number of fused-ring (bicyclic) bond motifs is 3. The first kappa shape index (κ1) is 25.7. The summed E-state index contributed by atoms with van der Waals surface area (Å²) >= 11 is 0. The molecule has 2 amide bonds. The standard InChI is InChI=1S/C31H30FN3O5/c32-21-8-6-20(7-9-21)19-34-31(36)35-22-10-12-24(13-11-22)39-26-14-15-33-25-18-27(40-23-4-2-1-3-5-23)29-30(28(25)26)38-17-16-37-29/h6-15,18,23H,1-5,16-17,19H2,(H2,34,35,36). The van der Waals surface area contributed by atoms with Crippen LogP contribution in [0.3, 0.4) is 0 Å². The molecule has 9 heteroatoms. The lowest BCUT2D eigenvalue weighted by Gasteiger charge is -2.27. The number of urea groups is 1. The Kier molecular flexibility index (Phi) is 7.52. The minimum Gasteiger partial charge on any atom is -0.486 e. The molecule has 2 N–H and O–H groups in total. The van der Waals surface area contributed by atoms with Gasteiger partial charge in [-0.1, -0.05) is 18.6 Å². The SMILES string of the molecule is O=C(NCc1ccc(F)cc1)Nc1ccc(Oc2ccnc3cc(OC4CCCCC4)c4c(c23)OCCO4)cc1. The van der Waals surface area contributed by atoms with Crippen LogP contribution in [0.25, 0.3) is 10.9 Å². The van der Waals surface area contributed by atoms with Crippen LogP contribution in [0.5, 0.6) is 28.7 Å². The molecule has 6 rings (SSSR count). The van der Waals surface area contributed by atoms with Crippen molar-refractivity contribution in [2.75, 3.05) is 18.5 Å². The molecule has 0 unspecified atom stereocenters. The van der Waals surface area contributed by atoms with Gasteiger partial charge in [-0.3, -0.25) is 4.98 Å². The number of carbonyl (C=O) groups is 1. The number of pyridine rings is 1. The second-order valence-electron chi connectivity index (χ2n) is 9.87. The monoisotopic (exact) mass is 543 g/mol. The van der Waals surface area contributed by atoms with E-state index in [1.54, 1.807) is 48.7 Å². The van der Waals surface area contributed by atoms with E-state index in [2.05, 4.69) is 15.6 Å². The number of anilines is 1. The number of carbonyl (C=O) groups excluding carboxylic acids is 1. The smallest absolute Gasteiger partial charge is 0.319 e. The zero-order valence-electron chi connectivity index (χ0n) is 22.0. The molecule has 0 atom stereocenters. The third-order valence-corrected chi connectivity index (χ3v) is 7.00. The first-order chi connectivity index (χ1) is 19.6. The van der Waals surface area contributed by atoms with E-state index in [9.17, 15) is 9.18 Å². The number of hydrogen-bond acceptors (Lipinski definition) is 6. The molecule has 0 bridgehead atoms. The molecule has 1 aliphatic carbocycles. The summed E-state index contributed by atoms with van der Waals surface area (Å²) in [6.45, 7) is 1.15. The third-order valence-electron chi connectivity index (χ3n) is 7.00. The maximum atomic E-state index is 13.1. The Balaban J connectivity index is 1.17. The van der Waals surface area contributed by atoms with Gasteiger partial charge >= 0.3 is 6.03 Å². The molecule has 2 heterocycles. The lowest BCUT2D eigenvalue weighted by Crippen LogP contribution is -2.28. The van der Waals surface area contributed by atoms with Crippen LogP contribution in [0.2, 0.25) is 0 Å². The van der Waals surface area contributed by atoms with Crippen molar-refractivity contribution in [1.29, 1.82) is 0 Å². The van der Waals surface area contributed by atoms with Crippen LogP contribution in [-0.4, -0.2) is 30.3 Å². The van der Waals surface area contributed by atoms with E-state index < -0.39 is 0 Å². The first-order valence-corrected chi connectivity index (χ1v) is 13.6. The van der Waals surface area contributed by atoms with E-state index in [0.717, 1.165) is 23.8 Å². The summed E-state index contributed by atoms with van der Waals surface area (Å²) in [5.41, 5.74) is 2.10. The lowest BCUT2D eigenvalue weighted by atomic mass is 9.98. The normalized spacial score (nSPS) is 14.9. The molecule has 8 nitrogen and oxygen atoms in total. The second kappa shape index (κ2) is 11.7. The minimum absolute atomic E-state index is 0.164. The van der Waals surface area contributed by atoms with Crippen LogP contribution in [-0.2, 0) is 6.54 Å². The van der Waals surface area contributed by atoms with Gasteiger partial charge < -0.3 is 29.6 Å². The summed E-state index contributed by atoms with van der Waals surface area (Å²) in [6.07, 6.45) is 7.51. The number of amides is 2. The molecule has 0 saturated heterocycles. The van der Waals surface area contributed by atoms with Crippen molar-refractivity contribution in [1.82, 2.24) is 10.3 Å². The number of hydrogen-bond donors (Lipinski definition) is 2. The quantitative estimate of drug-likeness (QED) is 0.262. The largest absolute Gasteiger partial charge is 0.486 e. The Morgan fingerprint density at radius 2 is 1.68 bits per heavy atom. The number of ether oxygens (including phenoxy) is 4. The first-order valence-electron chi connectivity index (χ1n) is 13.6. The van der Waals surface area contributed by atoms with E-state index in [-0.39, 0.29) is 24.5 Å². The topological polar surface area (TPSA) is 90.9 Å². The highest BCUT2D eigenvalue weighted by Crippen LogP contribution is 2.49. The zero-order chi connectivity index (χ0) is 27.3. The molecule has 3 aromatic carbocycles. The van der Waals surface area contributed by atoms with Gasteiger partial charge in [0.2, 0.25) is 5.75 Å². The highest BCUT2D eigenvalue weighted by molar-refractivity contribution is 5.95. The Labute approximate surface area is 231 Å². The summed E-state index contributed by atoms with van der Waals surface area (Å²) in [5, 5.41) is 6.26. The van der Waals surface area contributed by atoms with Gasteiger partial charge in [-0.15, -0.1) is 0 Å². The summed E-state index contributed by atoms with van der Waals surface area (Å²) in [6, 6.07) is 16.3. The van der Waals surface area contributed by atoms with Crippen LogP contribution in [0, 0.1) is 5.82 Å². The van der Waals surface area contributed by atoms with Crippen molar-refractivity contribution in [3.63, 3.8) is 0 Å². The van der Waals surface area contributed by atoms with E-state index >= 15 is 0 Å². The van der Waals surface area contributed by atoms with Crippen molar-refractivity contribution >= 4 is 22.6 Å². The molecular weight excluding hydrogens is 513 g/mol. The van der Waals surface area contributed by atoms with Crippen molar-refractivity contribution in [2.24, 2.45) is 0 Å². The fourth-order valence-corrected chi connectivity index (χ4v) is 5.00. The molecule has 1 aliphatic heterocycles. The molecule has 40 heavy (non-hydrogen) atoms. The van der Waals surface area contributed by atoms with E-state index in [1.165, 1.54) is 31.4 Å². The Hall–Kier alpha value is -4.53. The minimum atomic E-state index is -0.367. The van der Waals surface area contributed by atoms with Gasteiger partial charge in [-0.25, -0.2) is 9.18 Å². The molecule has 2 aliphatic rings. The summed E-state index contributed by atoms with van der Waals surface area (Å²) in [7, 11) is 0. The lowest BCUT2D eigenvalue weighted by molar-refractivity contribution is 0.130. The number of nitrogens with zero attached hydrogens (tertiary/aromatic N) is 1. The van der Waals surface area contributed by atoms with Gasteiger partial charge in [0.05, 0.1) is 17.0 Å². The van der Waals surface area contributed by atoms with Gasteiger partial charge in [-0.2, -0.15) is 0 Å². The van der Waals surface area contributed by atoms with Crippen molar-refractivity contribution in [3.05, 3.63) is 78.2 Å². The average Bonchev–Trinajstić information content (AvgIpc) is 2.98. The molecule has 1 aromatic heterocycles. The van der Waals surface area contributed by atoms with Crippen molar-refractivity contribution in [2.45, 2.75) is 44.8 Å². The molecule has 1 fully saturated rings. The van der Waals surface area contributed by atoms with Gasteiger partial charge in [-0.05, 0) is 73.7 Å². The fraction of sp³-hybridized carbons (Fsp3) is 0.290. The highest BCUT2D eigenvalue weighted by Gasteiger charge is 2.26. The predicted molar refractivity (Wildman–Crippen MR) is 149 cm³/mol. The number of aromatic nitrogens is 1. The van der Waals surface area contributed by atoms with Crippen molar-refractivity contribution < 1.29 is 28.1 Å². The fourth-order valence-electron chi connectivity index (χ4n) is 5.00. The predicted octanol–water partition coefficient (Wildman–Crippen LogP) is 6.97. The molecule has 0 radical (unpaired) electrons. The average molecular weight is 544 g/mol. The summed E-state index contributed by atoms with van der Waals surface area (Å²) < 4.78 is 37.8. The van der Waals surface area contributed by atoms with Crippen LogP contribution in [0.4, 0.5) is 14.9 Å². The van der Waals surface area contributed by atoms with E-state index in [4.69, 9.17) is 18.9 Å². The maximum absolute atomic E-state index is 13.1.